The Morgan fingerprint density at radius 1 is 1.22 bits per heavy atom. The van der Waals surface area contributed by atoms with Gasteiger partial charge in [-0.25, -0.2) is 0 Å². The van der Waals surface area contributed by atoms with Gasteiger partial charge in [-0.05, 0) is 43.7 Å². The van der Waals surface area contributed by atoms with Crippen LogP contribution >= 0.6 is 0 Å². The van der Waals surface area contributed by atoms with Crippen LogP contribution in [0.5, 0.6) is 0 Å². The molecule has 1 atom stereocenters. The standard InChI is InChI=1S/C17H19N3O3/c21-16(10-13-5-2-7-18-13)19-14-3-1-4-15(9-14)20-17(22)12-6-8-23-11-12/h1,3-4,6,8-9,11,13,18H,2,5,7,10H2,(H,19,21)(H,20,22). The maximum Gasteiger partial charge on any atom is 0.258 e. The van der Waals surface area contributed by atoms with Crippen LogP contribution in [0.4, 0.5) is 11.4 Å². The van der Waals surface area contributed by atoms with Gasteiger partial charge < -0.3 is 20.4 Å². The summed E-state index contributed by atoms with van der Waals surface area (Å²) in [4.78, 5) is 24.0. The Hall–Kier alpha value is -2.60. The summed E-state index contributed by atoms with van der Waals surface area (Å²) in [5.74, 6) is -0.278. The molecule has 1 saturated heterocycles. The first-order valence-electron chi connectivity index (χ1n) is 7.67. The van der Waals surface area contributed by atoms with Crippen molar-refractivity contribution in [1.29, 1.82) is 0 Å². The smallest absolute Gasteiger partial charge is 0.258 e. The molecule has 1 aliphatic rings. The second kappa shape index (κ2) is 7.11. The topological polar surface area (TPSA) is 83.4 Å². The normalized spacial score (nSPS) is 17.0. The Morgan fingerprint density at radius 3 is 2.74 bits per heavy atom. The molecule has 1 aromatic carbocycles. The minimum Gasteiger partial charge on any atom is -0.472 e. The van der Waals surface area contributed by atoms with E-state index in [1.165, 1.54) is 12.5 Å². The van der Waals surface area contributed by atoms with Gasteiger partial charge >= 0.3 is 0 Å². The molecule has 2 amide bonds. The number of hydrogen-bond donors (Lipinski definition) is 3. The van der Waals surface area contributed by atoms with E-state index in [1.807, 2.05) is 0 Å². The lowest BCUT2D eigenvalue weighted by Crippen LogP contribution is -2.27. The summed E-state index contributed by atoms with van der Waals surface area (Å²) in [5.41, 5.74) is 1.73. The number of benzene rings is 1. The van der Waals surface area contributed by atoms with Crippen molar-refractivity contribution in [2.75, 3.05) is 17.2 Å². The zero-order valence-electron chi connectivity index (χ0n) is 12.7. The number of amides is 2. The number of nitrogens with one attached hydrogen (secondary N) is 3. The maximum atomic E-state index is 12.0. The lowest BCUT2D eigenvalue weighted by atomic mass is 10.1. The highest BCUT2D eigenvalue weighted by atomic mass is 16.3. The second-order valence-electron chi connectivity index (χ2n) is 5.59. The Morgan fingerprint density at radius 2 is 2.04 bits per heavy atom. The first-order valence-corrected chi connectivity index (χ1v) is 7.67. The predicted octanol–water partition coefficient (Wildman–Crippen LogP) is 2.61. The quantitative estimate of drug-likeness (QED) is 0.792. The van der Waals surface area contributed by atoms with Crippen molar-refractivity contribution in [2.45, 2.75) is 25.3 Å². The fourth-order valence-corrected chi connectivity index (χ4v) is 2.64. The first-order chi connectivity index (χ1) is 11.2. The lowest BCUT2D eigenvalue weighted by Gasteiger charge is -2.11. The molecule has 0 radical (unpaired) electrons. The van der Waals surface area contributed by atoms with Crippen LogP contribution in [-0.2, 0) is 4.79 Å². The Balaban J connectivity index is 1.58. The zero-order chi connectivity index (χ0) is 16.1. The maximum absolute atomic E-state index is 12.0. The fourth-order valence-electron chi connectivity index (χ4n) is 2.64. The molecule has 120 valence electrons. The molecule has 1 aromatic heterocycles. The van der Waals surface area contributed by atoms with Crippen LogP contribution in [0, 0.1) is 0 Å². The minimum atomic E-state index is -0.252. The number of rotatable bonds is 5. The average Bonchev–Trinajstić information content (AvgIpc) is 3.20. The molecule has 6 nitrogen and oxygen atoms in total. The van der Waals surface area contributed by atoms with Gasteiger partial charge in [-0.15, -0.1) is 0 Å². The second-order valence-corrected chi connectivity index (χ2v) is 5.59. The molecule has 2 aromatic rings. The molecule has 0 bridgehead atoms. The van der Waals surface area contributed by atoms with Gasteiger partial charge in [0.05, 0.1) is 11.8 Å². The van der Waals surface area contributed by atoms with E-state index in [4.69, 9.17) is 4.42 Å². The van der Waals surface area contributed by atoms with Gasteiger partial charge in [0.1, 0.15) is 6.26 Å². The molecule has 0 saturated carbocycles. The summed E-state index contributed by atoms with van der Waals surface area (Å²) < 4.78 is 4.89. The summed E-state index contributed by atoms with van der Waals surface area (Å²) in [6, 6.07) is 8.95. The van der Waals surface area contributed by atoms with Crippen LogP contribution in [0.3, 0.4) is 0 Å². The van der Waals surface area contributed by atoms with Crippen molar-refractivity contribution in [3.05, 3.63) is 48.4 Å². The third kappa shape index (κ3) is 4.20. The summed E-state index contributed by atoms with van der Waals surface area (Å²) in [5, 5.41) is 8.94. The number of anilines is 2. The molecule has 2 heterocycles. The van der Waals surface area contributed by atoms with Crippen LogP contribution in [0.1, 0.15) is 29.6 Å². The highest BCUT2D eigenvalue weighted by Crippen LogP contribution is 2.17. The van der Waals surface area contributed by atoms with Gasteiger partial charge in [0, 0.05) is 23.8 Å². The Bertz CT molecular complexity index is 676. The average molecular weight is 313 g/mol. The molecule has 3 rings (SSSR count). The number of carbonyl (C=O) groups is 2. The van der Waals surface area contributed by atoms with Gasteiger partial charge in [-0.3, -0.25) is 9.59 Å². The van der Waals surface area contributed by atoms with E-state index in [1.54, 1.807) is 30.3 Å². The van der Waals surface area contributed by atoms with Crippen LogP contribution in [0.2, 0.25) is 0 Å². The third-order valence-electron chi connectivity index (χ3n) is 3.78. The van der Waals surface area contributed by atoms with E-state index in [0.717, 1.165) is 19.4 Å². The van der Waals surface area contributed by atoms with Crippen molar-refractivity contribution in [3.63, 3.8) is 0 Å². The largest absolute Gasteiger partial charge is 0.472 e. The molecule has 1 fully saturated rings. The van der Waals surface area contributed by atoms with Crippen molar-refractivity contribution in [3.8, 4) is 0 Å². The molecule has 0 aliphatic carbocycles. The van der Waals surface area contributed by atoms with Crippen molar-refractivity contribution < 1.29 is 14.0 Å². The predicted molar refractivity (Wildman–Crippen MR) is 87.4 cm³/mol. The van der Waals surface area contributed by atoms with Crippen LogP contribution in [-0.4, -0.2) is 24.4 Å². The Labute approximate surface area is 134 Å². The van der Waals surface area contributed by atoms with Gasteiger partial charge in [-0.2, -0.15) is 0 Å². The third-order valence-corrected chi connectivity index (χ3v) is 3.78. The van der Waals surface area contributed by atoms with E-state index in [2.05, 4.69) is 16.0 Å². The summed E-state index contributed by atoms with van der Waals surface area (Å²) in [7, 11) is 0. The minimum absolute atomic E-state index is 0.0253. The van der Waals surface area contributed by atoms with Crippen LogP contribution < -0.4 is 16.0 Å². The number of furan rings is 1. The van der Waals surface area contributed by atoms with Gasteiger partial charge in [0.15, 0.2) is 0 Å². The lowest BCUT2D eigenvalue weighted by molar-refractivity contribution is -0.116. The van der Waals surface area contributed by atoms with E-state index >= 15 is 0 Å². The SMILES string of the molecule is O=C(CC1CCCN1)Nc1cccc(NC(=O)c2ccoc2)c1. The first kappa shape index (κ1) is 15.3. The van der Waals surface area contributed by atoms with Crippen molar-refractivity contribution >= 4 is 23.2 Å². The van der Waals surface area contributed by atoms with Gasteiger partial charge in [-0.1, -0.05) is 6.07 Å². The molecule has 3 N–H and O–H groups in total. The van der Waals surface area contributed by atoms with E-state index in [-0.39, 0.29) is 17.9 Å². The van der Waals surface area contributed by atoms with Crippen LogP contribution in [0.15, 0.2) is 47.3 Å². The van der Waals surface area contributed by atoms with E-state index in [0.29, 0.717) is 23.4 Å². The molecule has 1 unspecified atom stereocenters. The number of hydrogen-bond acceptors (Lipinski definition) is 4. The van der Waals surface area contributed by atoms with Crippen molar-refractivity contribution in [1.82, 2.24) is 5.32 Å². The molecule has 1 aliphatic heterocycles. The van der Waals surface area contributed by atoms with E-state index in [9.17, 15) is 9.59 Å². The summed E-state index contributed by atoms with van der Waals surface area (Å²) in [6.45, 7) is 0.980. The summed E-state index contributed by atoms with van der Waals surface area (Å²) >= 11 is 0. The zero-order valence-corrected chi connectivity index (χ0v) is 12.7. The summed E-state index contributed by atoms with van der Waals surface area (Å²) in [6.07, 6.45) is 5.45. The van der Waals surface area contributed by atoms with Crippen molar-refractivity contribution in [2.24, 2.45) is 0 Å². The molecule has 0 spiro atoms. The number of carbonyl (C=O) groups excluding carboxylic acids is 2. The van der Waals surface area contributed by atoms with E-state index < -0.39 is 0 Å². The molecular weight excluding hydrogens is 294 g/mol. The molecule has 23 heavy (non-hydrogen) atoms. The monoisotopic (exact) mass is 313 g/mol. The highest BCUT2D eigenvalue weighted by Gasteiger charge is 2.17. The highest BCUT2D eigenvalue weighted by molar-refractivity contribution is 6.04. The van der Waals surface area contributed by atoms with Gasteiger partial charge in [0.2, 0.25) is 5.91 Å². The van der Waals surface area contributed by atoms with Gasteiger partial charge in [0.25, 0.3) is 5.91 Å². The fraction of sp³-hybridized carbons (Fsp3) is 0.294. The molecule has 6 heteroatoms. The molecular formula is C17H19N3O3. The Kier molecular flexibility index (Phi) is 4.73. The van der Waals surface area contributed by atoms with Crippen LogP contribution in [0.25, 0.3) is 0 Å².